The number of ether oxygens (including phenoxy) is 1. The van der Waals surface area contributed by atoms with Crippen LogP contribution in [0.5, 0.6) is 0 Å². The highest BCUT2D eigenvalue weighted by atomic mass is 35.5. The minimum Gasteiger partial charge on any atom is -0.383 e. The zero-order valence-electron chi connectivity index (χ0n) is 9.83. The summed E-state index contributed by atoms with van der Waals surface area (Å²) >= 11 is 7.48. The van der Waals surface area contributed by atoms with Crippen LogP contribution in [0.25, 0.3) is 0 Å². The summed E-state index contributed by atoms with van der Waals surface area (Å²) in [5.41, 5.74) is 0. The summed E-state index contributed by atoms with van der Waals surface area (Å²) in [6, 6.07) is 4.00. The molecule has 16 heavy (non-hydrogen) atoms. The Morgan fingerprint density at radius 1 is 1.44 bits per heavy atom. The topological polar surface area (TPSA) is 24.5 Å². The van der Waals surface area contributed by atoms with E-state index in [4.69, 9.17) is 16.3 Å². The maximum Gasteiger partial charge on any atom is 0.0931 e. The summed E-state index contributed by atoms with van der Waals surface area (Å²) in [5.74, 6) is 0. The first-order valence-corrected chi connectivity index (χ1v) is 6.54. The van der Waals surface area contributed by atoms with Gasteiger partial charge >= 0.3 is 0 Å². The first-order valence-electron chi connectivity index (χ1n) is 5.35. The van der Waals surface area contributed by atoms with Gasteiger partial charge in [0.15, 0.2) is 0 Å². The van der Waals surface area contributed by atoms with Crippen molar-refractivity contribution in [3.63, 3.8) is 0 Å². The molecule has 0 aliphatic rings. The Morgan fingerprint density at radius 3 is 2.88 bits per heavy atom. The molecule has 1 aromatic rings. The van der Waals surface area contributed by atoms with Crippen LogP contribution < -0.4 is 5.32 Å². The van der Waals surface area contributed by atoms with Gasteiger partial charge in [0.1, 0.15) is 0 Å². The van der Waals surface area contributed by atoms with Gasteiger partial charge in [0.05, 0.1) is 10.9 Å². The average Bonchev–Trinajstić information content (AvgIpc) is 2.67. The van der Waals surface area contributed by atoms with Gasteiger partial charge in [-0.05, 0) is 19.2 Å². The maximum absolute atomic E-state index is 5.85. The van der Waals surface area contributed by atoms with E-state index >= 15 is 0 Å². The Hall–Kier alpha value is -0.130. The molecular formula is C11H19ClN2OS. The van der Waals surface area contributed by atoms with E-state index in [1.165, 1.54) is 4.88 Å². The second-order valence-electron chi connectivity index (χ2n) is 3.68. The fraction of sp³-hybridized carbons (Fsp3) is 0.636. The Kier molecular flexibility index (Phi) is 7.00. The zero-order chi connectivity index (χ0) is 11.8. The van der Waals surface area contributed by atoms with Crippen LogP contribution in [0, 0.1) is 0 Å². The van der Waals surface area contributed by atoms with Gasteiger partial charge in [-0.2, -0.15) is 0 Å². The summed E-state index contributed by atoms with van der Waals surface area (Å²) in [7, 11) is 3.83. The lowest BCUT2D eigenvalue weighted by atomic mass is 10.4. The van der Waals surface area contributed by atoms with Gasteiger partial charge in [0.2, 0.25) is 0 Å². The summed E-state index contributed by atoms with van der Waals surface area (Å²) < 4.78 is 5.87. The van der Waals surface area contributed by atoms with Crippen LogP contribution in [0.15, 0.2) is 12.1 Å². The van der Waals surface area contributed by atoms with Crippen molar-refractivity contribution in [3.05, 3.63) is 21.3 Å². The monoisotopic (exact) mass is 262 g/mol. The van der Waals surface area contributed by atoms with Crippen LogP contribution >= 0.6 is 22.9 Å². The highest BCUT2D eigenvalue weighted by Gasteiger charge is 1.99. The van der Waals surface area contributed by atoms with Gasteiger partial charge < -0.3 is 15.0 Å². The van der Waals surface area contributed by atoms with E-state index in [1.54, 1.807) is 18.4 Å². The van der Waals surface area contributed by atoms with Crippen LogP contribution in [-0.4, -0.2) is 45.3 Å². The van der Waals surface area contributed by atoms with Gasteiger partial charge in [-0.3, -0.25) is 0 Å². The molecule has 0 fully saturated rings. The first kappa shape index (κ1) is 13.9. The van der Waals surface area contributed by atoms with Gasteiger partial charge in [0, 0.05) is 38.2 Å². The molecule has 1 rings (SSSR count). The molecule has 0 bridgehead atoms. The molecule has 0 aliphatic carbocycles. The molecule has 5 heteroatoms. The van der Waals surface area contributed by atoms with Gasteiger partial charge in [-0.15, -0.1) is 11.3 Å². The lowest BCUT2D eigenvalue weighted by Gasteiger charge is -2.15. The Balaban J connectivity index is 2.03. The summed E-state index contributed by atoms with van der Waals surface area (Å²) in [6.07, 6.45) is 0. The number of likely N-dealkylation sites (N-methyl/N-ethyl adjacent to an activating group) is 1. The lowest BCUT2D eigenvalue weighted by Crippen LogP contribution is -2.31. The third kappa shape index (κ3) is 5.82. The van der Waals surface area contributed by atoms with Crippen LogP contribution in [0.1, 0.15) is 4.88 Å². The predicted octanol–water partition coefficient (Wildman–Crippen LogP) is 2.07. The smallest absolute Gasteiger partial charge is 0.0931 e. The molecule has 3 nitrogen and oxygen atoms in total. The molecule has 0 aromatic carbocycles. The third-order valence-corrected chi connectivity index (χ3v) is 3.51. The second-order valence-corrected chi connectivity index (χ2v) is 5.48. The van der Waals surface area contributed by atoms with Gasteiger partial charge in [-0.25, -0.2) is 0 Å². The Morgan fingerprint density at radius 2 is 2.25 bits per heavy atom. The highest BCUT2D eigenvalue weighted by Crippen LogP contribution is 2.20. The number of methoxy groups -OCH3 is 1. The van der Waals surface area contributed by atoms with E-state index in [0.29, 0.717) is 0 Å². The Labute approximate surface area is 106 Å². The molecular weight excluding hydrogens is 244 g/mol. The normalized spacial score (nSPS) is 11.2. The molecule has 0 amide bonds. The summed E-state index contributed by atoms with van der Waals surface area (Å²) in [5, 5.41) is 3.39. The van der Waals surface area contributed by atoms with Crippen molar-refractivity contribution in [3.8, 4) is 0 Å². The molecule has 92 valence electrons. The van der Waals surface area contributed by atoms with Crippen molar-refractivity contribution >= 4 is 22.9 Å². The molecule has 0 saturated carbocycles. The number of hydrogen-bond donors (Lipinski definition) is 1. The molecule has 0 saturated heterocycles. The third-order valence-electron chi connectivity index (χ3n) is 2.28. The minimum absolute atomic E-state index is 0.789. The van der Waals surface area contributed by atoms with E-state index in [0.717, 1.165) is 37.1 Å². The predicted molar refractivity (Wildman–Crippen MR) is 70.4 cm³/mol. The lowest BCUT2D eigenvalue weighted by molar-refractivity contribution is 0.161. The van der Waals surface area contributed by atoms with E-state index in [2.05, 4.69) is 23.3 Å². The largest absolute Gasteiger partial charge is 0.383 e. The maximum atomic E-state index is 5.85. The zero-order valence-corrected chi connectivity index (χ0v) is 11.4. The highest BCUT2D eigenvalue weighted by molar-refractivity contribution is 7.16. The average molecular weight is 263 g/mol. The van der Waals surface area contributed by atoms with Crippen molar-refractivity contribution in [2.24, 2.45) is 0 Å². The van der Waals surface area contributed by atoms with Crippen molar-refractivity contribution in [2.75, 3.05) is 40.4 Å². The van der Waals surface area contributed by atoms with Crippen molar-refractivity contribution in [1.29, 1.82) is 0 Å². The number of hydrogen-bond acceptors (Lipinski definition) is 4. The van der Waals surface area contributed by atoms with Gasteiger partial charge in [0.25, 0.3) is 0 Å². The van der Waals surface area contributed by atoms with Gasteiger partial charge in [-0.1, -0.05) is 11.6 Å². The second kappa shape index (κ2) is 8.03. The molecule has 0 aliphatic heterocycles. The number of nitrogens with one attached hydrogen (secondary N) is 1. The molecule has 0 atom stereocenters. The fourth-order valence-electron chi connectivity index (χ4n) is 1.29. The molecule has 0 radical (unpaired) electrons. The van der Waals surface area contributed by atoms with E-state index in [1.807, 2.05) is 6.07 Å². The molecule has 1 N–H and O–H groups in total. The number of rotatable bonds is 8. The number of nitrogens with zero attached hydrogens (tertiary/aromatic N) is 1. The van der Waals surface area contributed by atoms with Crippen molar-refractivity contribution in [2.45, 2.75) is 6.54 Å². The fourth-order valence-corrected chi connectivity index (χ4v) is 2.34. The summed E-state index contributed by atoms with van der Waals surface area (Å²) in [6.45, 7) is 4.67. The van der Waals surface area contributed by atoms with Crippen molar-refractivity contribution in [1.82, 2.24) is 10.2 Å². The van der Waals surface area contributed by atoms with Crippen LogP contribution in [0.2, 0.25) is 4.34 Å². The quantitative estimate of drug-likeness (QED) is 0.726. The minimum atomic E-state index is 0.789. The van der Waals surface area contributed by atoms with Crippen LogP contribution in [-0.2, 0) is 11.3 Å². The SMILES string of the molecule is COCCN(C)CCNCc1ccc(Cl)s1. The molecule has 0 unspecified atom stereocenters. The standard InChI is InChI=1S/C11H19ClN2OS/c1-14(7-8-15-2)6-5-13-9-10-3-4-11(12)16-10/h3-4,13H,5-9H2,1-2H3. The number of thiophene rings is 1. The molecule has 1 heterocycles. The molecule has 0 spiro atoms. The summed E-state index contributed by atoms with van der Waals surface area (Å²) in [4.78, 5) is 3.53. The Bertz CT molecular complexity index is 293. The van der Waals surface area contributed by atoms with E-state index < -0.39 is 0 Å². The van der Waals surface area contributed by atoms with E-state index in [-0.39, 0.29) is 0 Å². The van der Waals surface area contributed by atoms with Crippen molar-refractivity contribution < 1.29 is 4.74 Å². The number of halogens is 1. The molecule has 1 aromatic heterocycles. The first-order chi connectivity index (χ1) is 7.72. The van der Waals surface area contributed by atoms with Crippen LogP contribution in [0.3, 0.4) is 0 Å². The van der Waals surface area contributed by atoms with E-state index in [9.17, 15) is 0 Å². The van der Waals surface area contributed by atoms with Crippen LogP contribution in [0.4, 0.5) is 0 Å².